The number of tetrazole rings is 1. The number of hydrogen-bond acceptors (Lipinski definition) is 6. The smallest absolute Gasteiger partial charge is 0.249 e. The van der Waals surface area contributed by atoms with Crippen LogP contribution in [0.1, 0.15) is 27.6 Å². The van der Waals surface area contributed by atoms with Crippen LogP contribution >= 0.6 is 23.5 Å². The summed E-state index contributed by atoms with van der Waals surface area (Å²) >= 11 is 3.83. The van der Waals surface area contributed by atoms with Crippen LogP contribution in [0.2, 0.25) is 0 Å². The molecule has 1 aromatic heterocycles. The molecule has 1 aliphatic heterocycles. The van der Waals surface area contributed by atoms with Gasteiger partial charge in [-0.15, -0.1) is 28.6 Å². The first-order valence-corrected chi connectivity index (χ1v) is 11.3. The quantitative estimate of drug-likeness (QED) is 0.638. The van der Waals surface area contributed by atoms with Crippen LogP contribution in [0.15, 0.2) is 48.5 Å². The summed E-state index contributed by atoms with van der Waals surface area (Å²) < 4.78 is 15.5. The van der Waals surface area contributed by atoms with Crippen LogP contribution in [0.4, 0.5) is 10.1 Å². The van der Waals surface area contributed by atoms with Crippen molar-refractivity contribution < 1.29 is 9.18 Å². The number of thioether (sulfide) groups is 2. The average Bonchev–Trinajstić information content (AvgIpc) is 3.38. The van der Waals surface area contributed by atoms with Gasteiger partial charge in [-0.3, -0.25) is 4.79 Å². The summed E-state index contributed by atoms with van der Waals surface area (Å²) in [5.41, 5.74) is 2.62. The first kappa shape index (κ1) is 19.9. The Morgan fingerprint density at radius 3 is 2.76 bits per heavy atom. The number of carbonyl (C=O) groups excluding carboxylic acids is 1. The Morgan fingerprint density at radius 2 is 2.03 bits per heavy atom. The van der Waals surface area contributed by atoms with Crippen molar-refractivity contribution in [2.45, 2.75) is 24.0 Å². The van der Waals surface area contributed by atoms with Gasteiger partial charge in [0.25, 0.3) is 0 Å². The molecular formula is C20H20FN5OS2. The van der Waals surface area contributed by atoms with Crippen LogP contribution in [0, 0.1) is 12.7 Å². The minimum absolute atomic E-state index is 0.242. The first-order chi connectivity index (χ1) is 14.1. The fourth-order valence-electron chi connectivity index (χ4n) is 3.24. The number of carbonyl (C=O) groups is 1. The second-order valence-corrected chi connectivity index (χ2v) is 9.43. The number of anilines is 1. The lowest BCUT2D eigenvalue weighted by molar-refractivity contribution is -0.119. The molecule has 3 aromatic rings. The second kappa shape index (κ2) is 8.96. The predicted molar refractivity (Wildman–Crippen MR) is 114 cm³/mol. The number of nitrogens with zero attached hydrogens (tertiary/aromatic N) is 4. The van der Waals surface area contributed by atoms with E-state index in [1.165, 1.54) is 22.4 Å². The van der Waals surface area contributed by atoms with Gasteiger partial charge in [-0.25, -0.2) is 9.07 Å². The number of aromatic nitrogens is 4. The van der Waals surface area contributed by atoms with Gasteiger partial charge in [-0.1, -0.05) is 24.3 Å². The molecule has 1 atom stereocenters. The Balaban J connectivity index is 1.57. The highest BCUT2D eigenvalue weighted by Crippen LogP contribution is 2.45. The van der Waals surface area contributed by atoms with Gasteiger partial charge >= 0.3 is 0 Å². The summed E-state index contributed by atoms with van der Waals surface area (Å²) in [7, 11) is 0. The maximum absolute atomic E-state index is 13.6. The Hall–Kier alpha value is -2.39. The summed E-state index contributed by atoms with van der Waals surface area (Å²) in [6.45, 7) is 1.74. The average molecular weight is 430 g/mol. The fraction of sp³-hybridized carbons (Fsp3) is 0.300. The molecule has 29 heavy (non-hydrogen) atoms. The zero-order chi connectivity index (χ0) is 20.2. The van der Waals surface area contributed by atoms with E-state index in [1.54, 1.807) is 19.1 Å². The Kier molecular flexibility index (Phi) is 6.15. The highest BCUT2D eigenvalue weighted by molar-refractivity contribution is 8.19. The largest absolute Gasteiger partial charge is 0.324 e. The molecule has 0 radical (unpaired) electrons. The zero-order valence-corrected chi connectivity index (χ0v) is 17.4. The van der Waals surface area contributed by atoms with E-state index in [2.05, 4.69) is 26.9 Å². The number of hydrogen-bond donors (Lipinski definition) is 1. The van der Waals surface area contributed by atoms with Crippen LogP contribution in [0.3, 0.4) is 0 Å². The SMILES string of the molecule is Cc1nnnn1C(Cc1cccc(F)c1)C(=O)Nc1cccc(C2SCCS2)c1. The predicted octanol–water partition coefficient (Wildman–Crippen LogP) is 4.02. The molecule has 9 heteroatoms. The van der Waals surface area contributed by atoms with Crippen molar-refractivity contribution in [2.75, 3.05) is 16.8 Å². The van der Waals surface area contributed by atoms with Crippen molar-refractivity contribution in [3.05, 3.63) is 71.3 Å². The maximum atomic E-state index is 13.6. The third kappa shape index (κ3) is 4.79. The van der Waals surface area contributed by atoms with E-state index in [-0.39, 0.29) is 18.1 Å². The molecule has 0 aliphatic carbocycles. The van der Waals surface area contributed by atoms with Gasteiger partial charge in [0.15, 0.2) is 0 Å². The highest BCUT2D eigenvalue weighted by atomic mass is 32.2. The highest BCUT2D eigenvalue weighted by Gasteiger charge is 2.25. The number of halogens is 1. The van der Waals surface area contributed by atoms with E-state index in [4.69, 9.17) is 0 Å². The molecule has 150 valence electrons. The van der Waals surface area contributed by atoms with Gasteiger partial charge in [0.2, 0.25) is 5.91 Å². The molecule has 2 aromatic carbocycles. The van der Waals surface area contributed by atoms with Crippen LogP contribution < -0.4 is 5.32 Å². The van der Waals surface area contributed by atoms with Crippen molar-refractivity contribution in [3.8, 4) is 0 Å². The summed E-state index contributed by atoms with van der Waals surface area (Å²) in [4.78, 5) is 13.2. The minimum Gasteiger partial charge on any atom is -0.324 e. The maximum Gasteiger partial charge on any atom is 0.249 e. The molecule has 0 bridgehead atoms. The molecule has 1 N–H and O–H groups in total. The zero-order valence-electron chi connectivity index (χ0n) is 15.8. The summed E-state index contributed by atoms with van der Waals surface area (Å²) in [6, 6.07) is 13.5. The van der Waals surface area contributed by atoms with Crippen LogP contribution in [0.5, 0.6) is 0 Å². The van der Waals surface area contributed by atoms with Gasteiger partial charge < -0.3 is 5.32 Å². The number of aryl methyl sites for hydroxylation is 1. The van der Waals surface area contributed by atoms with Gasteiger partial charge in [0, 0.05) is 23.6 Å². The molecule has 2 heterocycles. The third-order valence-electron chi connectivity index (χ3n) is 4.62. The standard InChI is InChI=1S/C20H20FN5OS2/c1-13-23-24-25-26(13)18(11-14-4-2-6-16(21)10-14)19(27)22-17-7-3-5-15(12-17)20-28-8-9-29-20/h2-7,10,12,18,20H,8-9,11H2,1H3,(H,22,27). The van der Waals surface area contributed by atoms with E-state index in [0.29, 0.717) is 16.0 Å². The van der Waals surface area contributed by atoms with Gasteiger partial charge in [0.05, 0.1) is 4.58 Å². The van der Waals surface area contributed by atoms with E-state index >= 15 is 0 Å². The van der Waals surface area contributed by atoms with Crippen LogP contribution in [0.25, 0.3) is 0 Å². The summed E-state index contributed by atoms with van der Waals surface area (Å²) in [6.07, 6.45) is 0.281. The Labute approximate surface area is 176 Å². The fourth-order valence-corrected chi connectivity index (χ4v) is 6.08. The van der Waals surface area contributed by atoms with Gasteiger partial charge in [-0.2, -0.15) is 0 Å². The topological polar surface area (TPSA) is 72.7 Å². The summed E-state index contributed by atoms with van der Waals surface area (Å²) in [5, 5.41) is 14.5. The number of benzene rings is 2. The molecule has 0 spiro atoms. The minimum atomic E-state index is -0.689. The van der Waals surface area contributed by atoms with E-state index in [9.17, 15) is 9.18 Å². The molecule has 6 nitrogen and oxygen atoms in total. The molecule has 0 saturated carbocycles. The molecule has 1 saturated heterocycles. The van der Waals surface area contributed by atoms with Crippen molar-refractivity contribution in [1.29, 1.82) is 0 Å². The van der Waals surface area contributed by atoms with Crippen molar-refractivity contribution >= 4 is 35.1 Å². The molecule has 1 fully saturated rings. The molecule has 4 rings (SSSR count). The molecule has 1 unspecified atom stereocenters. The number of nitrogens with one attached hydrogen (secondary N) is 1. The van der Waals surface area contributed by atoms with Crippen molar-refractivity contribution in [2.24, 2.45) is 0 Å². The number of amides is 1. The molecule has 1 aliphatic rings. The number of rotatable bonds is 6. The van der Waals surface area contributed by atoms with Crippen LogP contribution in [-0.2, 0) is 11.2 Å². The Bertz CT molecular complexity index is 1010. The third-order valence-corrected chi connectivity index (χ3v) is 7.73. The monoisotopic (exact) mass is 429 g/mol. The molecule has 1 amide bonds. The Morgan fingerprint density at radius 1 is 1.24 bits per heavy atom. The normalized spacial score (nSPS) is 15.4. The first-order valence-electron chi connectivity index (χ1n) is 9.23. The van der Waals surface area contributed by atoms with Crippen molar-refractivity contribution in [3.63, 3.8) is 0 Å². The lowest BCUT2D eigenvalue weighted by atomic mass is 10.0. The van der Waals surface area contributed by atoms with Gasteiger partial charge in [-0.05, 0) is 52.7 Å². The van der Waals surface area contributed by atoms with E-state index < -0.39 is 6.04 Å². The van der Waals surface area contributed by atoms with E-state index in [1.807, 2.05) is 41.7 Å². The lowest BCUT2D eigenvalue weighted by Gasteiger charge is -2.18. The molecular weight excluding hydrogens is 409 g/mol. The van der Waals surface area contributed by atoms with Crippen LogP contribution in [-0.4, -0.2) is 37.6 Å². The van der Waals surface area contributed by atoms with Gasteiger partial charge in [0.1, 0.15) is 17.7 Å². The van der Waals surface area contributed by atoms with E-state index in [0.717, 1.165) is 17.2 Å². The second-order valence-electron chi connectivity index (χ2n) is 6.71. The summed E-state index contributed by atoms with van der Waals surface area (Å²) in [5.74, 6) is 2.22. The van der Waals surface area contributed by atoms with Crippen molar-refractivity contribution in [1.82, 2.24) is 20.2 Å². The lowest BCUT2D eigenvalue weighted by Crippen LogP contribution is -2.29.